The summed E-state index contributed by atoms with van der Waals surface area (Å²) in [4.78, 5) is 20.4. The third-order valence-corrected chi connectivity index (χ3v) is 9.15. The maximum atomic E-state index is 6.52. The van der Waals surface area contributed by atoms with Gasteiger partial charge in [0.2, 0.25) is 5.89 Å². The van der Waals surface area contributed by atoms with E-state index in [9.17, 15) is 0 Å². The SMILES string of the molecule is c1ccc(-c2cc(-c3nc(-c4ccccc4)nc(-c4cccc5ccc6nc(-c7ccccc7)oc6c45)n3)c3c(c2)oc2ccccc23)cc1. The van der Waals surface area contributed by atoms with Crippen molar-refractivity contribution < 1.29 is 8.83 Å². The number of rotatable bonds is 5. The number of hydrogen-bond donors (Lipinski definition) is 0. The van der Waals surface area contributed by atoms with Crippen molar-refractivity contribution in [3.63, 3.8) is 0 Å². The average Bonchev–Trinajstić information content (AvgIpc) is 3.80. The second kappa shape index (κ2) is 11.4. The molecule has 7 aromatic carbocycles. The normalized spacial score (nSPS) is 11.6. The molecule has 0 saturated carbocycles. The molecular weight excluding hydrogens is 617 g/mol. The monoisotopic (exact) mass is 642 g/mol. The van der Waals surface area contributed by atoms with Crippen molar-refractivity contribution in [3.05, 3.63) is 158 Å². The Balaban J connectivity index is 1.27. The molecule has 0 unspecified atom stereocenters. The van der Waals surface area contributed by atoms with Crippen LogP contribution in [-0.4, -0.2) is 19.9 Å². The number of fused-ring (bicyclic) bond motifs is 6. The molecule has 0 saturated heterocycles. The summed E-state index contributed by atoms with van der Waals surface area (Å²) in [7, 11) is 0. The van der Waals surface area contributed by atoms with Gasteiger partial charge < -0.3 is 8.83 Å². The molecule has 0 bridgehead atoms. The molecule has 0 N–H and O–H groups in total. The molecule has 3 aromatic heterocycles. The summed E-state index contributed by atoms with van der Waals surface area (Å²) in [5.74, 6) is 2.23. The van der Waals surface area contributed by atoms with E-state index in [-0.39, 0.29) is 0 Å². The zero-order valence-electron chi connectivity index (χ0n) is 26.6. The van der Waals surface area contributed by atoms with Gasteiger partial charge in [0, 0.05) is 38.4 Å². The molecule has 0 radical (unpaired) electrons. The summed E-state index contributed by atoms with van der Waals surface area (Å²) < 4.78 is 13.0. The smallest absolute Gasteiger partial charge is 0.227 e. The van der Waals surface area contributed by atoms with E-state index in [1.54, 1.807) is 0 Å². The fourth-order valence-corrected chi connectivity index (χ4v) is 6.81. The van der Waals surface area contributed by atoms with Gasteiger partial charge >= 0.3 is 0 Å². The van der Waals surface area contributed by atoms with Crippen molar-refractivity contribution in [2.75, 3.05) is 0 Å². The van der Waals surface area contributed by atoms with Gasteiger partial charge in [-0.1, -0.05) is 121 Å². The van der Waals surface area contributed by atoms with Gasteiger partial charge in [-0.3, -0.25) is 0 Å². The maximum absolute atomic E-state index is 6.52. The molecule has 0 atom stereocenters. The van der Waals surface area contributed by atoms with Crippen LogP contribution in [0.1, 0.15) is 0 Å². The first-order valence-corrected chi connectivity index (χ1v) is 16.5. The highest BCUT2D eigenvalue weighted by Crippen LogP contribution is 2.41. The second-order valence-corrected chi connectivity index (χ2v) is 12.2. The van der Waals surface area contributed by atoms with Crippen LogP contribution in [0.2, 0.25) is 0 Å². The molecule has 0 amide bonds. The summed E-state index contributed by atoms with van der Waals surface area (Å²) in [6.07, 6.45) is 0. The van der Waals surface area contributed by atoms with Crippen molar-refractivity contribution >= 4 is 43.8 Å². The van der Waals surface area contributed by atoms with Gasteiger partial charge in [-0.05, 0) is 52.9 Å². The Hall–Kier alpha value is -6.92. The van der Waals surface area contributed by atoms with Crippen LogP contribution in [-0.2, 0) is 0 Å². The number of benzene rings is 7. The quantitative estimate of drug-likeness (QED) is 0.186. The van der Waals surface area contributed by atoms with Gasteiger partial charge in [-0.25, -0.2) is 19.9 Å². The Morgan fingerprint density at radius 1 is 0.380 bits per heavy atom. The highest BCUT2D eigenvalue weighted by atomic mass is 16.3. The van der Waals surface area contributed by atoms with E-state index in [0.29, 0.717) is 28.9 Å². The van der Waals surface area contributed by atoms with Crippen LogP contribution in [0.4, 0.5) is 0 Å². The fourth-order valence-electron chi connectivity index (χ4n) is 6.81. The van der Waals surface area contributed by atoms with Crippen molar-refractivity contribution in [1.29, 1.82) is 0 Å². The number of aromatic nitrogens is 4. The molecule has 50 heavy (non-hydrogen) atoms. The summed E-state index contributed by atoms with van der Waals surface area (Å²) in [6.45, 7) is 0. The Morgan fingerprint density at radius 2 is 1.04 bits per heavy atom. The van der Waals surface area contributed by atoms with Crippen molar-refractivity contribution in [3.8, 4) is 56.7 Å². The van der Waals surface area contributed by atoms with Gasteiger partial charge in [0.1, 0.15) is 16.7 Å². The Labute approximate surface area is 286 Å². The van der Waals surface area contributed by atoms with Crippen LogP contribution < -0.4 is 0 Å². The molecule has 10 rings (SSSR count). The Morgan fingerprint density at radius 3 is 1.82 bits per heavy atom. The van der Waals surface area contributed by atoms with Gasteiger partial charge in [0.05, 0.1) is 0 Å². The number of para-hydroxylation sites is 1. The molecule has 0 aliphatic carbocycles. The topological polar surface area (TPSA) is 77.8 Å². The molecule has 6 nitrogen and oxygen atoms in total. The van der Waals surface area contributed by atoms with E-state index >= 15 is 0 Å². The molecule has 234 valence electrons. The minimum Gasteiger partial charge on any atom is -0.456 e. The first kappa shape index (κ1) is 28.1. The molecule has 0 fully saturated rings. The molecular formula is C44H26N4O2. The van der Waals surface area contributed by atoms with E-state index in [1.165, 1.54) is 0 Å². The maximum Gasteiger partial charge on any atom is 0.227 e. The van der Waals surface area contributed by atoms with E-state index < -0.39 is 0 Å². The largest absolute Gasteiger partial charge is 0.456 e. The summed E-state index contributed by atoms with van der Waals surface area (Å²) in [6, 6.07) is 52.9. The lowest BCUT2D eigenvalue weighted by molar-refractivity contribution is 0.623. The van der Waals surface area contributed by atoms with Gasteiger partial charge in [0.25, 0.3) is 0 Å². The van der Waals surface area contributed by atoms with Crippen molar-refractivity contribution in [2.24, 2.45) is 0 Å². The lowest BCUT2D eigenvalue weighted by atomic mass is 9.98. The van der Waals surface area contributed by atoms with Crippen LogP contribution >= 0.6 is 0 Å². The summed E-state index contributed by atoms with van der Waals surface area (Å²) in [5.41, 5.74) is 8.62. The molecule has 3 heterocycles. The lowest BCUT2D eigenvalue weighted by Gasteiger charge is -2.12. The molecule has 6 heteroatoms. The van der Waals surface area contributed by atoms with Crippen LogP contribution in [0.15, 0.2) is 167 Å². The third-order valence-electron chi connectivity index (χ3n) is 9.15. The van der Waals surface area contributed by atoms with Gasteiger partial charge in [-0.15, -0.1) is 0 Å². The second-order valence-electron chi connectivity index (χ2n) is 12.2. The predicted molar refractivity (Wildman–Crippen MR) is 199 cm³/mol. The lowest BCUT2D eigenvalue weighted by Crippen LogP contribution is -2.01. The molecule has 10 aromatic rings. The number of oxazole rings is 1. The van der Waals surface area contributed by atoms with Gasteiger partial charge in [0.15, 0.2) is 23.1 Å². The number of furan rings is 1. The van der Waals surface area contributed by atoms with E-state index in [0.717, 1.165) is 71.6 Å². The van der Waals surface area contributed by atoms with Crippen LogP contribution in [0, 0.1) is 0 Å². The molecule has 0 spiro atoms. The highest BCUT2D eigenvalue weighted by Gasteiger charge is 2.22. The number of hydrogen-bond acceptors (Lipinski definition) is 6. The summed E-state index contributed by atoms with van der Waals surface area (Å²) in [5, 5.41) is 3.86. The minimum atomic E-state index is 0.538. The minimum absolute atomic E-state index is 0.538. The molecule has 0 aliphatic rings. The highest BCUT2D eigenvalue weighted by molar-refractivity contribution is 6.14. The zero-order valence-corrected chi connectivity index (χ0v) is 26.6. The fraction of sp³-hybridized carbons (Fsp3) is 0. The zero-order chi connectivity index (χ0) is 33.0. The van der Waals surface area contributed by atoms with E-state index in [2.05, 4.69) is 42.5 Å². The van der Waals surface area contributed by atoms with Crippen molar-refractivity contribution in [1.82, 2.24) is 19.9 Å². The molecule has 0 aliphatic heterocycles. The Kier molecular flexibility index (Phi) is 6.39. The average molecular weight is 643 g/mol. The van der Waals surface area contributed by atoms with E-state index in [1.807, 2.05) is 115 Å². The third kappa shape index (κ3) is 4.65. The van der Waals surface area contributed by atoms with E-state index in [4.69, 9.17) is 28.8 Å². The van der Waals surface area contributed by atoms with Crippen molar-refractivity contribution in [2.45, 2.75) is 0 Å². The Bertz CT molecular complexity index is 2860. The van der Waals surface area contributed by atoms with Crippen LogP contribution in [0.5, 0.6) is 0 Å². The summed E-state index contributed by atoms with van der Waals surface area (Å²) >= 11 is 0. The van der Waals surface area contributed by atoms with Gasteiger partial charge in [-0.2, -0.15) is 0 Å². The first-order valence-electron chi connectivity index (χ1n) is 16.5. The standard InChI is InChI=1S/C44H26N4O2/c1-4-13-27(14-5-1)31-25-34(39-32-20-10-11-22-36(32)49-37(39)26-31)43-47-41(29-15-6-2-7-16-29)46-42(48-43)33-21-12-19-28-23-24-35-40(38(28)33)50-44(45-35)30-17-8-3-9-18-30/h1-26H. The van der Waals surface area contributed by atoms with Crippen LogP contribution in [0.25, 0.3) is 101 Å². The first-order chi connectivity index (χ1) is 24.8. The number of nitrogens with zero attached hydrogens (tertiary/aromatic N) is 4. The van der Waals surface area contributed by atoms with Crippen LogP contribution in [0.3, 0.4) is 0 Å². The predicted octanol–water partition coefficient (Wildman–Crippen LogP) is 11.4.